The van der Waals surface area contributed by atoms with Crippen LogP contribution in [0.25, 0.3) is 32.0 Å². The van der Waals surface area contributed by atoms with E-state index in [9.17, 15) is 27.1 Å². The van der Waals surface area contributed by atoms with E-state index in [1.807, 2.05) is 0 Å². The number of aromatic nitrogens is 3. The van der Waals surface area contributed by atoms with Crippen molar-refractivity contribution >= 4 is 22.4 Å². The standard InChI is InChI=1S/C20H12F5N3O3S/c1-9-4-12(17-13(5-9)28-16(8-26-17)30-19(21)22)18-27-7-15(32-18)11-6-10(29)2-3-14(11)31-20(23,24)25/h2-8,19,29H,1H3. The number of aromatic hydroxyl groups is 1. The van der Waals surface area contributed by atoms with Gasteiger partial charge in [0.25, 0.3) is 0 Å². The Morgan fingerprint density at radius 3 is 2.53 bits per heavy atom. The van der Waals surface area contributed by atoms with Gasteiger partial charge in [0.15, 0.2) is 0 Å². The number of hydrogen-bond acceptors (Lipinski definition) is 7. The maximum absolute atomic E-state index is 12.8. The molecule has 0 aliphatic heterocycles. The minimum absolute atomic E-state index is 0.00161. The summed E-state index contributed by atoms with van der Waals surface area (Å²) < 4.78 is 71.6. The van der Waals surface area contributed by atoms with Crippen molar-refractivity contribution in [1.82, 2.24) is 15.0 Å². The molecule has 0 atom stereocenters. The summed E-state index contributed by atoms with van der Waals surface area (Å²) in [5.74, 6) is -1.09. The van der Waals surface area contributed by atoms with Crippen molar-refractivity contribution in [1.29, 1.82) is 0 Å². The zero-order valence-corrected chi connectivity index (χ0v) is 16.8. The van der Waals surface area contributed by atoms with Crippen LogP contribution in [0.15, 0.2) is 42.7 Å². The summed E-state index contributed by atoms with van der Waals surface area (Å²) in [5, 5.41) is 10.1. The van der Waals surface area contributed by atoms with Crippen LogP contribution in [0.5, 0.6) is 17.4 Å². The Kier molecular flexibility index (Phi) is 5.55. The number of benzene rings is 2. The van der Waals surface area contributed by atoms with Crippen molar-refractivity contribution in [3.05, 3.63) is 48.3 Å². The van der Waals surface area contributed by atoms with Crippen molar-refractivity contribution in [2.75, 3.05) is 0 Å². The number of nitrogens with zero attached hydrogens (tertiary/aromatic N) is 3. The lowest BCUT2D eigenvalue weighted by atomic mass is 10.1. The van der Waals surface area contributed by atoms with Gasteiger partial charge in [0.1, 0.15) is 16.5 Å². The van der Waals surface area contributed by atoms with Crippen LogP contribution in [0.1, 0.15) is 5.56 Å². The fourth-order valence-corrected chi connectivity index (χ4v) is 3.96. The lowest BCUT2D eigenvalue weighted by Gasteiger charge is -2.12. The Morgan fingerprint density at radius 1 is 1.03 bits per heavy atom. The first-order valence-corrected chi connectivity index (χ1v) is 9.68. The number of thiazole rings is 1. The highest BCUT2D eigenvalue weighted by Crippen LogP contribution is 2.41. The normalized spacial score (nSPS) is 11.8. The van der Waals surface area contributed by atoms with Gasteiger partial charge in [0.2, 0.25) is 5.88 Å². The number of fused-ring (bicyclic) bond motifs is 1. The second-order valence-electron chi connectivity index (χ2n) is 6.52. The van der Waals surface area contributed by atoms with Crippen LogP contribution < -0.4 is 9.47 Å². The van der Waals surface area contributed by atoms with Gasteiger partial charge in [-0.2, -0.15) is 8.78 Å². The van der Waals surface area contributed by atoms with Crippen LogP contribution >= 0.6 is 11.3 Å². The Bertz CT molecular complexity index is 1290. The van der Waals surface area contributed by atoms with E-state index in [0.717, 1.165) is 41.3 Å². The zero-order chi connectivity index (χ0) is 23.0. The molecule has 4 aromatic rings. The maximum atomic E-state index is 12.8. The topological polar surface area (TPSA) is 77.4 Å². The number of hydrogen-bond donors (Lipinski definition) is 1. The molecule has 2 aromatic heterocycles. The van der Waals surface area contributed by atoms with E-state index in [1.54, 1.807) is 19.1 Å². The number of phenols is 1. The van der Waals surface area contributed by atoms with Gasteiger partial charge in [-0.05, 0) is 42.8 Å². The monoisotopic (exact) mass is 469 g/mol. The van der Waals surface area contributed by atoms with Crippen LogP contribution in [-0.2, 0) is 0 Å². The van der Waals surface area contributed by atoms with Crippen molar-refractivity contribution < 1.29 is 36.5 Å². The third kappa shape index (κ3) is 4.69. The molecular formula is C20H12F5N3O3S. The number of alkyl halides is 5. The van der Waals surface area contributed by atoms with Crippen molar-refractivity contribution in [3.8, 4) is 38.4 Å². The first kappa shape index (κ1) is 21.7. The number of phenolic OH excluding ortho intramolecular Hbond substituents is 1. The number of rotatable bonds is 5. The van der Waals surface area contributed by atoms with E-state index in [0.29, 0.717) is 21.0 Å². The molecule has 0 saturated heterocycles. The average molecular weight is 469 g/mol. The number of halogens is 5. The third-order valence-electron chi connectivity index (χ3n) is 4.17. The minimum atomic E-state index is -4.92. The Balaban J connectivity index is 1.79. The molecule has 0 aliphatic carbocycles. The summed E-state index contributed by atoms with van der Waals surface area (Å²) >= 11 is 1.04. The molecule has 32 heavy (non-hydrogen) atoms. The van der Waals surface area contributed by atoms with Gasteiger partial charge in [-0.1, -0.05) is 0 Å². The quantitative estimate of drug-likeness (QED) is 0.365. The molecule has 0 aliphatic rings. The summed E-state index contributed by atoms with van der Waals surface area (Å²) in [7, 11) is 0. The largest absolute Gasteiger partial charge is 0.573 e. The third-order valence-corrected chi connectivity index (χ3v) is 5.23. The van der Waals surface area contributed by atoms with Gasteiger partial charge >= 0.3 is 13.0 Å². The van der Waals surface area contributed by atoms with Crippen LogP contribution in [0.4, 0.5) is 22.0 Å². The Labute approximate surface area is 180 Å². The Hall–Kier alpha value is -3.54. The van der Waals surface area contributed by atoms with Gasteiger partial charge in [-0.25, -0.2) is 15.0 Å². The summed E-state index contributed by atoms with van der Waals surface area (Å²) in [5.41, 5.74) is 1.87. The van der Waals surface area contributed by atoms with Crippen LogP contribution in [0.2, 0.25) is 0 Å². The van der Waals surface area contributed by atoms with Crippen LogP contribution in [-0.4, -0.2) is 33.0 Å². The van der Waals surface area contributed by atoms with Crippen molar-refractivity contribution in [2.45, 2.75) is 19.9 Å². The molecular weight excluding hydrogens is 457 g/mol. The molecule has 6 nitrogen and oxygen atoms in total. The second-order valence-corrected chi connectivity index (χ2v) is 7.56. The summed E-state index contributed by atoms with van der Waals surface area (Å²) in [6.07, 6.45) is -2.53. The van der Waals surface area contributed by atoms with Gasteiger partial charge < -0.3 is 14.6 Å². The molecule has 4 rings (SSSR count). The zero-order valence-electron chi connectivity index (χ0n) is 16.0. The van der Waals surface area contributed by atoms with Crippen molar-refractivity contribution in [2.24, 2.45) is 0 Å². The second kappa shape index (κ2) is 8.19. The molecule has 2 aromatic carbocycles. The molecule has 0 radical (unpaired) electrons. The molecule has 0 fully saturated rings. The first-order valence-electron chi connectivity index (χ1n) is 8.86. The minimum Gasteiger partial charge on any atom is -0.508 e. The molecule has 1 N–H and O–H groups in total. The maximum Gasteiger partial charge on any atom is 0.573 e. The average Bonchev–Trinajstić information content (AvgIpc) is 3.17. The molecule has 0 saturated carbocycles. The van der Waals surface area contributed by atoms with E-state index >= 15 is 0 Å². The predicted octanol–water partition coefficient (Wildman–Crippen LogP) is 5.93. The lowest BCUT2D eigenvalue weighted by Crippen LogP contribution is -2.17. The van der Waals surface area contributed by atoms with Gasteiger partial charge in [-0.15, -0.1) is 24.5 Å². The van der Waals surface area contributed by atoms with E-state index in [2.05, 4.69) is 24.4 Å². The fourth-order valence-electron chi connectivity index (χ4n) is 3.01. The van der Waals surface area contributed by atoms with E-state index in [-0.39, 0.29) is 22.7 Å². The predicted molar refractivity (Wildman–Crippen MR) is 106 cm³/mol. The highest BCUT2D eigenvalue weighted by molar-refractivity contribution is 7.18. The summed E-state index contributed by atoms with van der Waals surface area (Å²) in [4.78, 5) is 12.7. The molecule has 0 bridgehead atoms. The molecule has 0 spiro atoms. The van der Waals surface area contributed by atoms with Crippen LogP contribution in [0.3, 0.4) is 0 Å². The summed E-state index contributed by atoms with van der Waals surface area (Å²) in [6, 6.07) is 6.59. The fraction of sp³-hybridized carbons (Fsp3) is 0.150. The summed E-state index contributed by atoms with van der Waals surface area (Å²) in [6.45, 7) is -1.30. The number of ether oxygens (including phenoxy) is 2. The van der Waals surface area contributed by atoms with Gasteiger partial charge in [-0.3, -0.25) is 0 Å². The lowest BCUT2D eigenvalue weighted by molar-refractivity contribution is -0.274. The molecule has 2 heterocycles. The van der Waals surface area contributed by atoms with Gasteiger partial charge in [0, 0.05) is 17.3 Å². The molecule has 166 valence electrons. The number of aryl methyl sites for hydroxylation is 1. The SMILES string of the molecule is Cc1cc(-c2ncc(-c3cc(O)ccc3OC(F)(F)F)s2)c2ncc(OC(F)F)nc2c1. The first-order chi connectivity index (χ1) is 15.1. The highest BCUT2D eigenvalue weighted by Gasteiger charge is 2.32. The van der Waals surface area contributed by atoms with E-state index in [1.165, 1.54) is 6.20 Å². The van der Waals surface area contributed by atoms with E-state index < -0.39 is 18.7 Å². The van der Waals surface area contributed by atoms with Crippen LogP contribution in [0, 0.1) is 6.92 Å². The van der Waals surface area contributed by atoms with Gasteiger partial charge in [0.05, 0.1) is 22.1 Å². The smallest absolute Gasteiger partial charge is 0.508 e. The molecule has 0 unspecified atom stereocenters. The molecule has 0 amide bonds. The Morgan fingerprint density at radius 2 is 1.81 bits per heavy atom. The molecule has 12 heteroatoms. The van der Waals surface area contributed by atoms with E-state index in [4.69, 9.17) is 0 Å². The highest BCUT2D eigenvalue weighted by atomic mass is 32.1. The van der Waals surface area contributed by atoms with Crippen molar-refractivity contribution in [3.63, 3.8) is 0 Å².